The van der Waals surface area contributed by atoms with Crippen molar-refractivity contribution in [2.45, 2.75) is 10.8 Å². The molecule has 0 saturated heterocycles. The average Bonchev–Trinajstić information content (AvgIpc) is 1.50. The fraction of sp³-hybridized carbons (Fsp3) is 0.0175. The number of rotatable bonds is 13. The summed E-state index contributed by atoms with van der Waals surface area (Å²) in [4.78, 5) is 7.69. The fourth-order valence-electron chi connectivity index (χ4n) is 20.4. The van der Waals surface area contributed by atoms with Gasteiger partial charge in [0.1, 0.15) is 0 Å². The third-order valence-corrected chi connectivity index (χ3v) is 28.0. The smallest absolute Gasteiger partial charge is 0.0740 e. The molecule has 2 aromatic heterocycles. The lowest BCUT2D eigenvalue weighted by Gasteiger charge is -2.32. The van der Waals surface area contributed by atoms with Crippen LogP contribution in [0.15, 0.2) is 437 Å². The van der Waals surface area contributed by atoms with Crippen molar-refractivity contribution in [2.24, 2.45) is 0 Å². The summed E-state index contributed by atoms with van der Waals surface area (Å²) in [5.41, 5.74) is 40.7. The highest BCUT2D eigenvalue weighted by atomic mass is 32.1. The zero-order chi connectivity index (χ0) is 77.6. The van der Waals surface area contributed by atoms with Gasteiger partial charge < -0.3 is 9.80 Å². The predicted octanol–water partition coefficient (Wildman–Crippen LogP) is 31.4. The second-order valence-corrected chi connectivity index (χ2v) is 33.7. The summed E-state index contributed by atoms with van der Waals surface area (Å²) < 4.78 is 2.65. The summed E-state index contributed by atoms with van der Waals surface area (Å²) in [6, 6.07) is 163. The Morgan fingerprint density at radius 1 is 0.178 bits per heavy atom. The zero-order valence-electron chi connectivity index (χ0n) is 64.3. The highest BCUT2D eigenvalue weighted by molar-refractivity contribution is 7.23. The van der Waals surface area contributed by atoms with Crippen LogP contribution < -0.4 is 9.80 Å². The molecule has 0 fully saturated rings. The van der Waals surface area contributed by atoms with E-state index in [0.717, 1.165) is 56.4 Å². The maximum atomic E-state index is 2.52. The molecular weight excluding hydrogens is 1460 g/mol. The predicted molar refractivity (Wildman–Crippen MR) is 497 cm³/mol. The van der Waals surface area contributed by atoms with E-state index in [9.17, 15) is 0 Å². The molecule has 2 heterocycles. The normalized spacial score (nSPS) is 14.7. The second-order valence-electron chi connectivity index (χ2n) is 31.6. The van der Waals surface area contributed by atoms with E-state index in [2.05, 4.69) is 447 Å². The molecule has 18 aromatic carbocycles. The minimum absolute atomic E-state index is 0.459. The van der Waals surface area contributed by atoms with Crippen molar-refractivity contribution < 1.29 is 0 Å². The SMILES string of the molecule is c1ccc(-c2ccc(N(c3ccc(-c4cccc(-c5ccc(-c6ccc(-c7ccc(-c8ccc(N(c9ccccc9)c9cccc%10c9-c9ccccc9C%109c%10ccccc%10-c%10sc%11ccccc%11c%109)cc8)cc7)cc6)cc5)c4)c(-c4ccccc4)c3)c3ccc4c(c3)C3(c5ccccc5-4)c4ccccc4-c4sc5ccccc5c43)cc2)cc1. The quantitative estimate of drug-likeness (QED) is 0.114. The van der Waals surface area contributed by atoms with Gasteiger partial charge in [-0.15, -0.1) is 22.7 Å². The zero-order valence-corrected chi connectivity index (χ0v) is 65.9. The Hall–Kier alpha value is -14.5. The maximum absolute atomic E-state index is 2.52. The number of anilines is 6. The Kier molecular flexibility index (Phi) is 15.6. The van der Waals surface area contributed by atoms with E-state index in [0.29, 0.717) is 0 Å². The summed E-state index contributed by atoms with van der Waals surface area (Å²) in [6.07, 6.45) is 0. The van der Waals surface area contributed by atoms with Crippen molar-refractivity contribution in [1.29, 1.82) is 0 Å². The van der Waals surface area contributed by atoms with Crippen LogP contribution in [-0.2, 0) is 10.8 Å². The Balaban J connectivity index is 0.522. The summed E-state index contributed by atoms with van der Waals surface area (Å²) >= 11 is 3.86. The molecular formula is C114H72N2S2. The first kappa shape index (κ1) is 67.9. The summed E-state index contributed by atoms with van der Waals surface area (Å²) in [5.74, 6) is 0. The van der Waals surface area contributed by atoms with Crippen molar-refractivity contribution in [3.8, 4) is 121 Å². The first-order chi connectivity index (χ1) is 58.5. The largest absolute Gasteiger partial charge is 0.310 e. The molecule has 0 bridgehead atoms. The average molecular weight is 1530 g/mol. The van der Waals surface area contributed by atoms with Gasteiger partial charge in [-0.2, -0.15) is 0 Å². The van der Waals surface area contributed by atoms with Crippen molar-refractivity contribution >= 4 is 77.0 Å². The van der Waals surface area contributed by atoms with E-state index in [1.165, 1.54) is 163 Å². The molecule has 24 rings (SSSR count). The minimum Gasteiger partial charge on any atom is -0.310 e. The molecule has 0 aliphatic heterocycles. The number of nitrogens with zero attached hydrogens (tertiary/aromatic N) is 2. The maximum Gasteiger partial charge on any atom is 0.0740 e. The van der Waals surface area contributed by atoms with Gasteiger partial charge in [0, 0.05) is 53.2 Å². The van der Waals surface area contributed by atoms with Gasteiger partial charge in [-0.1, -0.05) is 352 Å². The van der Waals surface area contributed by atoms with Crippen LogP contribution in [0.2, 0.25) is 0 Å². The Bertz CT molecular complexity index is 7390. The first-order valence-corrected chi connectivity index (χ1v) is 42.4. The lowest BCUT2D eigenvalue weighted by Crippen LogP contribution is -2.26. The molecule has 20 aromatic rings. The van der Waals surface area contributed by atoms with Gasteiger partial charge >= 0.3 is 0 Å². The van der Waals surface area contributed by atoms with Gasteiger partial charge in [-0.3, -0.25) is 0 Å². The summed E-state index contributed by atoms with van der Waals surface area (Å²) in [7, 11) is 0. The minimum atomic E-state index is -0.515. The molecule has 118 heavy (non-hydrogen) atoms. The van der Waals surface area contributed by atoms with Gasteiger partial charge in [0.25, 0.3) is 0 Å². The van der Waals surface area contributed by atoms with Gasteiger partial charge in [-0.05, 0) is 246 Å². The van der Waals surface area contributed by atoms with E-state index >= 15 is 0 Å². The fourth-order valence-corrected chi connectivity index (χ4v) is 23.0. The third kappa shape index (κ3) is 10.3. The number of para-hydroxylation sites is 1. The van der Waals surface area contributed by atoms with Crippen LogP contribution in [0.5, 0.6) is 0 Å². The summed E-state index contributed by atoms with van der Waals surface area (Å²) in [5, 5.41) is 2.66. The number of hydrogen-bond acceptors (Lipinski definition) is 4. The lowest BCUT2D eigenvalue weighted by atomic mass is 9.70. The Labute approximate surface area is 694 Å². The van der Waals surface area contributed by atoms with Gasteiger partial charge in [-0.25, -0.2) is 0 Å². The number of benzene rings is 18. The molecule has 550 valence electrons. The lowest BCUT2D eigenvalue weighted by molar-refractivity contribution is 0.802. The molecule has 0 amide bonds. The first-order valence-electron chi connectivity index (χ1n) is 40.8. The van der Waals surface area contributed by atoms with Gasteiger partial charge in [0.05, 0.1) is 16.5 Å². The molecule has 0 saturated carbocycles. The van der Waals surface area contributed by atoms with Crippen LogP contribution in [-0.4, -0.2) is 0 Å². The van der Waals surface area contributed by atoms with E-state index in [1.54, 1.807) is 0 Å². The Morgan fingerprint density at radius 3 is 1.06 bits per heavy atom. The molecule has 0 radical (unpaired) electrons. The van der Waals surface area contributed by atoms with E-state index in [4.69, 9.17) is 0 Å². The second kappa shape index (κ2) is 27.1. The molecule has 4 aliphatic carbocycles. The number of fused-ring (bicyclic) bond motifs is 24. The van der Waals surface area contributed by atoms with Gasteiger partial charge in [0.15, 0.2) is 0 Å². The molecule has 2 spiro atoms. The third-order valence-electron chi connectivity index (χ3n) is 25.5. The van der Waals surface area contributed by atoms with Crippen LogP contribution in [0.25, 0.3) is 141 Å². The number of hydrogen-bond donors (Lipinski definition) is 0. The van der Waals surface area contributed by atoms with Crippen molar-refractivity contribution in [3.63, 3.8) is 0 Å². The van der Waals surface area contributed by atoms with Crippen molar-refractivity contribution in [1.82, 2.24) is 0 Å². The van der Waals surface area contributed by atoms with Crippen molar-refractivity contribution in [3.05, 3.63) is 481 Å². The van der Waals surface area contributed by atoms with Crippen LogP contribution in [0.1, 0.15) is 44.5 Å². The van der Waals surface area contributed by atoms with Crippen molar-refractivity contribution in [2.75, 3.05) is 9.80 Å². The van der Waals surface area contributed by atoms with E-state index < -0.39 is 10.8 Å². The molecule has 2 unspecified atom stereocenters. The van der Waals surface area contributed by atoms with E-state index in [1.807, 2.05) is 22.7 Å². The highest BCUT2D eigenvalue weighted by Crippen LogP contribution is 2.69. The van der Waals surface area contributed by atoms with Crippen LogP contribution in [0.4, 0.5) is 34.1 Å². The Morgan fingerprint density at radius 2 is 0.517 bits per heavy atom. The molecule has 4 heteroatoms. The molecule has 0 N–H and O–H groups in total. The van der Waals surface area contributed by atoms with Crippen LogP contribution >= 0.6 is 22.7 Å². The van der Waals surface area contributed by atoms with Gasteiger partial charge in [0.2, 0.25) is 0 Å². The molecule has 4 aliphatic rings. The molecule has 2 nitrogen and oxygen atoms in total. The topological polar surface area (TPSA) is 6.48 Å². The highest BCUT2D eigenvalue weighted by Gasteiger charge is 2.56. The van der Waals surface area contributed by atoms with E-state index in [-0.39, 0.29) is 0 Å². The van der Waals surface area contributed by atoms with Crippen LogP contribution in [0.3, 0.4) is 0 Å². The summed E-state index contributed by atoms with van der Waals surface area (Å²) in [6.45, 7) is 0. The number of thiophene rings is 2. The molecule has 2 atom stereocenters. The van der Waals surface area contributed by atoms with Crippen LogP contribution in [0, 0.1) is 0 Å². The monoisotopic (exact) mass is 1530 g/mol. The standard InChI is InChI=1S/C114H72N2S2/c1-4-24-73(25-5-1)79-58-62-86(63-59-79)115(89-67-69-92-91-32-10-16-38-99(91)114(104(92)72-89)102-41-19-13-35-95(102)112-110(114)97-37-15-21-45-107(97)118-112)88-66-68-90(98(71-88)82-26-6-2-7-27-82)84-29-22-28-83(70-84)81-56-54-77(55-57-81)76-48-46-74(47-49-76)75-50-52-78(53-51-75)80-60-64-87(65-61-80)116(85-30-8-3-9-31-85)105-43-23-42-103-108(105)93-33-11-17-39-100(93)113(103)101-40-18-12-34-94(101)111-109(113)96-36-14-20-44-106(96)117-111/h1-72H.